The summed E-state index contributed by atoms with van der Waals surface area (Å²) in [5.74, 6) is 2.38. The molecule has 28 heavy (non-hydrogen) atoms. The average Bonchev–Trinajstić information content (AvgIpc) is 3.15. The van der Waals surface area contributed by atoms with E-state index >= 15 is 0 Å². The lowest BCUT2D eigenvalue weighted by Gasteiger charge is -2.21. The van der Waals surface area contributed by atoms with Gasteiger partial charge in [0.15, 0.2) is 5.96 Å². The molecule has 2 N–H and O–H groups in total. The molecule has 1 aliphatic heterocycles. The van der Waals surface area contributed by atoms with Crippen LogP contribution in [-0.4, -0.2) is 77.8 Å². The SMILES string of the molecule is CN=C(NCCC(=O)N(C)C)NC1CCN(c2cc(OC)cc(OC)c2)C1.I. The first kappa shape index (κ1) is 24.1. The number of benzene rings is 1. The number of nitrogens with one attached hydrogen (secondary N) is 2. The average molecular weight is 505 g/mol. The number of amides is 1. The number of hydrogen-bond acceptors (Lipinski definition) is 5. The van der Waals surface area contributed by atoms with E-state index in [1.807, 2.05) is 18.2 Å². The van der Waals surface area contributed by atoms with Crippen LogP contribution in [-0.2, 0) is 4.79 Å². The quantitative estimate of drug-likeness (QED) is 0.333. The van der Waals surface area contributed by atoms with Gasteiger partial charge in [-0.05, 0) is 6.42 Å². The summed E-state index contributed by atoms with van der Waals surface area (Å²) in [7, 11) is 8.57. The monoisotopic (exact) mass is 505 g/mol. The van der Waals surface area contributed by atoms with Crippen LogP contribution >= 0.6 is 24.0 Å². The Morgan fingerprint density at radius 3 is 2.43 bits per heavy atom. The number of anilines is 1. The van der Waals surface area contributed by atoms with Crippen LogP contribution in [0.4, 0.5) is 5.69 Å². The van der Waals surface area contributed by atoms with E-state index in [9.17, 15) is 4.79 Å². The lowest BCUT2D eigenvalue weighted by atomic mass is 10.2. The van der Waals surface area contributed by atoms with Gasteiger partial charge in [-0.25, -0.2) is 0 Å². The highest BCUT2D eigenvalue weighted by Crippen LogP contribution is 2.30. The molecule has 1 aromatic carbocycles. The third kappa shape index (κ3) is 6.92. The molecule has 1 atom stereocenters. The van der Waals surface area contributed by atoms with Crippen molar-refractivity contribution in [3.63, 3.8) is 0 Å². The summed E-state index contributed by atoms with van der Waals surface area (Å²) in [6, 6.07) is 6.18. The fourth-order valence-corrected chi connectivity index (χ4v) is 2.99. The first-order valence-electron chi connectivity index (χ1n) is 9.12. The van der Waals surface area contributed by atoms with E-state index in [0.29, 0.717) is 13.0 Å². The molecular weight excluding hydrogens is 473 g/mol. The fourth-order valence-electron chi connectivity index (χ4n) is 2.99. The number of methoxy groups -OCH3 is 2. The predicted molar refractivity (Wildman–Crippen MR) is 123 cm³/mol. The van der Waals surface area contributed by atoms with Crippen molar-refractivity contribution >= 4 is 41.5 Å². The number of carbonyl (C=O) groups excluding carboxylic acids is 1. The number of carbonyl (C=O) groups is 1. The first-order valence-corrected chi connectivity index (χ1v) is 9.12. The number of halogens is 1. The Labute approximate surface area is 184 Å². The second-order valence-corrected chi connectivity index (χ2v) is 6.68. The summed E-state index contributed by atoms with van der Waals surface area (Å²) in [5, 5.41) is 6.64. The standard InChI is InChI=1S/C19H31N5O3.HI/c1-20-19(21-8-6-18(25)23(2)3)22-14-7-9-24(13-14)15-10-16(26-4)12-17(11-15)27-5;/h10-12,14H,6-9,13H2,1-5H3,(H2,20,21,22);1H. The second kappa shape index (κ2) is 11.8. The molecule has 2 rings (SSSR count). The van der Waals surface area contributed by atoms with Crippen LogP contribution in [0.15, 0.2) is 23.2 Å². The highest BCUT2D eigenvalue weighted by molar-refractivity contribution is 14.0. The number of ether oxygens (including phenoxy) is 2. The minimum absolute atomic E-state index is 0. The van der Waals surface area contributed by atoms with Gasteiger partial charge < -0.3 is 29.9 Å². The van der Waals surface area contributed by atoms with Crippen molar-refractivity contribution in [2.75, 3.05) is 59.9 Å². The lowest BCUT2D eigenvalue weighted by molar-refractivity contribution is -0.128. The summed E-state index contributed by atoms with van der Waals surface area (Å²) in [6.45, 7) is 2.35. The van der Waals surface area contributed by atoms with Gasteiger partial charge in [0.25, 0.3) is 0 Å². The summed E-state index contributed by atoms with van der Waals surface area (Å²) in [4.78, 5) is 19.8. The predicted octanol–water partition coefficient (Wildman–Crippen LogP) is 1.54. The minimum atomic E-state index is 0. The molecular formula is C19H32IN5O3. The van der Waals surface area contributed by atoms with Crippen molar-refractivity contribution < 1.29 is 14.3 Å². The summed E-state index contributed by atoms with van der Waals surface area (Å²) in [6.07, 6.45) is 1.44. The van der Waals surface area contributed by atoms with E-state index in [2.05, 4.69) is 20.5 Å². The van der Waals surface area contributed by atoms with E-state index in [-0.39, 0.29) is 35.9 Å². The zero-order chi connectivity index (χ0) is 19.8. The van der Waals surface area contributed by atoms with Crippen molar-refractivity contribution in [1.29, 1.82) is 0 Å². The van der Waals surface area contributed by atoms with Crippen LogP contribution < -0.4 is 25.0 Å². The van der Waals surface area contributed by atoms with Gasteiger partial charge in [-0.1, -0.05) is 0 Å². The molecule has 0 spiro atoms. The van der Waals surface area contributed by atoms with Gasteiger partial charge in [-0.3, -0.25) is 9.79 Å². The number of aliphatic imine (C=N–C) groups is 1. The van der Waals surface area contributed by atoms with Crippen LogP contribution in [0.3, 0.4) is 0 Å². The highest BCUT2D eigenvalue weighted by Gasteiger charge is 2.24. The molecule has 1 aliphatic rings. The molecule has 0 aromatic heterocycles. The number of hydrogen-bond donors (Lipinski definition) is 2. The molecule has 158 valence electrons. The Hall–Kier alpha value is -1.91. The highest BCUT2D eigenvalue weighted by atomic mass is 127. The summed E-state index contributed by atoms with van der Waals surface area (Å²) < 4.78 is 10.7. The van der Waals surface area contributed by atoms with Gasteiger partial charge in [0.1, 0.15) is 11.5 Å². The number of rotatable bonds is 7. The van der Waals surface area contributed by atoms with Crippen LogP contribution in [0, 0.1) is 0 Å². The van der Waals surface area contributed by atoms with Crippen LogP contribution in [0.25, 0.3) is 0 Å². The van der Waals surface area contributed by atoms with Gasteiger partial charge in [0, 0.05) is 77.1 Å². The van der Waals surface area contributed by atoms with E-state index < -0.39 is 0 Å². The Morgan fingerprint density at radius 2 is 1.89 bits per heavy atom. The van der Waals surface area contributed by atoms with Gasteiger partial charge in [-0.15, -0.1) is 24.0 Å². The van der Waals surface area contributed by atoms with Gasteiger partial charge in [-0.2, -0.15) is 0 Å². The normalized spacial score (nSPS) is 16.2. The van der Waals surface area contributed by atoms with E-state index in [0.717, 1.165) is 42.7 Å². The minimum Gasteiger partial charge on any atom is -0.497 e. The maximum absolute atomic E-state index is 11.7. The van der Waals surface area contributed by atoms with Crippen molar-refractivity contribution in [3.05, 3.63) is 18.2 Å². The Kier molecular flexibility index (Phi) is 10.2. The smallest absolute Gasteiger partial charge is 0.223 e. The third-order valence-corrected chi connectivity index (χ3v) is 4.58. The maximum Gasteiger partial charge on any atom is 0.223 e. The molecule has 1 unspecified atom stereocenters. The van der Waals surface area contributed by atoms with E-state index in [1.54, 1.807) is 40.3 Å². The maximum atomic E-state index is 11.7. The van der Waals surface area contributed by atoms with Crippen molar-refractivity contribution in [1.82, 2.24) is 15.5 Å². The molecule has 0 radical (unpaired) electrons. The second-order valence-electron chi connectivity index (χ2n) is 6.68. The molecule has 0 aliphatic carbocycles. The zero-order valence-electron chi connectivity index (χ0n) is 17.3. The molecule has 9 heteroatoms. The van der Waals surface area contributed by atoms with Crippen molar-refractivity contribution in [3.8, 4) is 11.5 Å². The number of nitrogens with zero attached hydrogens (tertiary/aromatic N) is 3. The molecule has 1 aromatic rings. The Bertz CT molecular complexity index is 647. The zero-order valence-corrected chi connectivity index (χ0v) is 19.6. The van der Waals surface area contributed by atoms with Crippen LogP contribution in [0.1, 0.15) is 12.8 Å². The molecule has 0 saturated carbocycles. The third-order valence-electron chi connectivity index (χ3n) is 4.58. The van der Waals surface area contributed by atoms with E-state index in [4.69, 9.17) is 9.47 Å². The van der Waals surface area contributed by atoms with Crippen molar-refractivity contribution in [2.24, 2.45) is 4.99 Å². The summed E-state index contributed by atoms with van der Waals surface area (Å²) in [5.41, 5.74) is 1.08. The van der Waals surface area contributed by atoms with Crippen molar-refractivity contribution in [2.45, 2.75) is 18.9 Å². The topological polar surface area (TPSA) is 78.4 Å². The summed E-state index contributed by atoms with van der Waals surface area (Å²) >= 11 is 0. The van der Waals surface area contributed by atoms with Gasteiger partial charge in [0.2, 0.25) is 5.91 Å². The number of guanidine groups is 1. The molecule has 8 nitrogen and oxygen atoms in total. The molecule has 1 fully saturated rings. The molecule has 1 heterocycles. The van der Waals surface area contributed by atoms with E-state index in [1.165, 1.54) is 0 Å². The van der Waals surface area contributed by atoms with Gasteiger partial charge in [0.05, 0.1) is 14.2 Å². The fraction of sp³-hybridized carbons (Fsp3) is 0.579. The molecule has 0 bridgehead atoms. The molecule has 1 saturated heterocycles. The van der Waals surface area contributed by atoms with Crippen LogP contribution in [0.2, 0.25) is 0 Å². The first-order chi connectivity index (χ1) is 13.0. The molecule has 1 amide bonds. The Balaban J connectivity index is 0.00000392. The van der Waals surface area contributed by atoms with Gasteiger partial charge >= 0.3 is 0 Å². The largest absolute Gasteiger partial charge is 0.497 e. The van der Waals surface area contributed by atoms with Crippen LogP contribution in [0.5, 0.6) is 11.5 Å². The lowest BCUT2D eigenvalue weighted by Crippen LogP contribution is -2.45. The Morgan fingerprint density at radius 1 is 1.25 bits per heavy atom.